The molecular formula is C32H26ClNO3. The highest BCUT2D eigenvalue weighted by Crippen LogP contribution is 2.22. The second-order valence-electron chi connectivity index (χ2n) is 8.79. The van der Waals surface area contributed by atoms with Crippen LogP contribution in [0.2, 0.25) is 5.02 Å². The van der Waals surface area contributed by atoms with Crippen molar-refractivity contribution in [3.63, 3.8) is 0 Å². The van der Waals surface area contributed by atoms with Crippen molar-refractivity contribution in [1.29, 1.82) is 0 Å². The number of aliphatic hydroxyl groups excluding tert-OH is 1. The molecule has 0 aromatic heterocycles. The first-order valence-electron chi connectivity index (χ1n) is 11.8. The molecular weight excluding hydrogens is 482 g/mol. The van der Waals surface area contributed by atoms with Crippen LogP contribution >= 0.6 is 11.6 Å². The van der Waals surface area contributed by atoms with Gasteiger partial charge < -0.3 is 10.0 Å². The van der Waals surface area contributed by atoms with Crippen LogP contribution in [0.3, 0.4) is 0 Å². The van der Waals surface area contributed by atoms with E-state index in [0.29, 0.717) is 33.0 Å². The highest BCUT2D eigenvalue weighted by atomic mass is 35.5. The molecule has 1 amide bonds. The number of Topliss-reactive ketones (excluding diaryl/α,β-unsaturated/α-hetero) is 1. The molecule has 0 bridgehead atoms. The largest absolute Gasteiger partial charge is 0.376 e. The fraction of sp³-hybridized carbons (Fsp3) is 0.125. The molecule has 37 heavy (non-hydrogen) atoms. The van der Waals surface area contributed by atoms with Gasteiger partial charge in [-0.3, -0.25) is 9.59 Å². The van der Waals surface area contributed by atoms with Crippen LogP contribution in [0.1, 0.15) is 49.1 Å². The van der Waals surface area contributed by atoms with Crippen molar-refractivity contribution in [2.45, 2.75) is 20.0 Å². The van der Waals surface area contributed by atoms with Crippen molar-refractivity contribution >= 4 is 29.0 Å². The minimum atomic E-state index is -0.997. The van der Waals surface area contributed by atoms with Gasteiger partial charge in [0.25, 0.3) is 5.91 Å². The van der Waals surface area contributed by atoms with Gasteiger partial charge in [0, 0.05) is 21.8 Å². The average molecular weight is 508 g/mol. The average Bonchev–Trinajstić information content (AvgIpc) is 2.91. The first-order valence-corrected chi connectivity index (χ1v) is 12.2. The van der Waals surface area contributed by atoms with Crippen molar-refractivity contribution < 1.29 is 14.7 Å². The Labute approximate surface area is 222 Å². The third kappa shape index (κ3) is 6.54. The maximum atomic E-state index is 13.8. The quantitative estimate of drug-likeness (QED) is 0.237. The second-order valence-corrected chi connectivity index (χ2v) is 9.22. The predicted octanol–water partition coefficient (Wildman–Crippen LogP) is 6.57. The van der Waals surface area contributed by atoms with E-state index in [9.17, 15) is 14.7 Å². The Morgan fingerprint density at radius 1 is 0.838 bits per heavy atom. The van der Waals surface area contributed by atoms with E-state index in [1.54, 1.807) is 48.5 Å². The Balaban J connectivity index is 1.67. The van der Waals surface area contributed by atoms with Crippen molar-refractivity contribution in [2.24, 2.45) is 0 Å². The number of anilines is 1. The van der Waals surface area contributed by atoms with Crippen molar-refractivity contribution in [1.82, 2.24) is 0 Å². The number of hydrogen-bond acceptors (Lipinski definition) is 3. The Hall–Kier alpha value is -4.17. The summed E-state index contributed by atoms with van der Waals surface area (Å²) in [7, 11) is 0. The van der Waals surface area contributed by atoms with E-state index in [2.05, 4.69) is 11.8 Å². The van der Waals surface area contributed by atoms with Crippen LogP contribution in [-0.4, -0.2) is 23.3 Å². The summed E-state index contributed by atoms with van der Waals surface area (Å²) in [5.41, 5.74) is 4.67. The molecule has 0 spiro atoms. The lowest BCUT2D eigenvalue weighted by Crippen LogP contribution is -2.36. The molecule has 1 N–H and O–H groups in total. The number of hydrogen-bond donors (Lipinski definition) is 1. The topological polar surface area (TPSA) is 57.6 Å². The summed E-state index contributed by atoms with van der Waals surface area (Å²) in [5, 5.41) is 11.1. The SMILES string of the molecule is Cc1ccc(C(O)C#Cc2ccccc2C(=O)N(CC(=O)c2ccc(Cl)cc2)c2ccc(C)cc2)cc1. The molecule has 5 heteroatoms. The highest BCUT2D eigenvalue weighted by Gasteiger charge is 2.23. The first kappa shape index (κ1) is 25.9. The van der Waals surface area contributed by atoms with E-state index in [1.807, 2.05) is 62.4 Å². The van der Waals surface area contributed by atoms with Gasteiger partial charge in [-0.25, -0.2) is 0 Å². The number of carbonyl (C=O) groups excluding carboxylic acids is 2. The van der Waals surface area contributed by atoms with E-state index in [4.69, 9.17) is 11.6 Å². The Morgan fingerprint density at radius 3 is 2.08 bits per heavy atom. The fourth-order valence-corrected chi connectivity index (χ4v) is 3.90. The summed E-state index contributed by atoms with van der Waals surface area (Å²) in [6, 6.07) is 28.4. The number of benzene rings is 4. The molecule has 4 aromatic rings. The Bertz CT molecular complexity index is 1460. The standard InChI is InChI=1S/C32H26ClNO3/c1-22-7-11-25(12-8-22)30(35)20-15-24-5-3-4-6-29(24)32(37)34(28-18-9-23(2)10-19-28)21-31(36)26-13-16-27(33)17-14-26/h3-14,16-19,30,35H,21H2,1-2H3. The summed E-state index contributed by atoms with van der Waals surface area (Å²) in [5.74, 6) is 5.23. The van der Waals surface area contributed by atoms with Gasteiger partial charge in [-0.2, -0.15) is 0 Å². The number of aliphatic hydroxyl groups is 1. The van der Waals surface area contributed by atoms with Gasteiger partial charge in [-0.15, -0.1) is 0 Å². The number of rotatable bonds is 6. The van der Waals surface area contributed by atoms with Crippen LogP contribution in [0.15, 0.2) is 97.1 Å². The zero-order valence-electron chi connectivity index (χ0n) is 20.6. The van der Waals surface area contributed by atoms with Gasteiger partial charge in [0.1, 0.15) is 6.10 Å². The molecule has 0 saturated carbocycles. The molecule has 4 nitrogen and oxygen atoms in total. The minimum absolute atomic E-state index is 0.155. The summed E-state index contributed by atoms with van der Waals surface area (Å²) >= 11 is 5.97. The molecule has 4 aromatic carbocycles. The van der Waals surface area contributed by atoms with Gasteiger partial charge in [0.05, 0.1) is 12.1 Å². The lowest BCUT2D eigenvalue weighted by molar-refractivity contribution is 0.0936. The summed E-state index contributed by atoms with van der Waals surface area (Å²) in [6.07, 6.45) is -0.997. The smallest absolute Gasteiger partial charge is 0.259 e. The van der Waals surface area contributed by atoms with Crippen LogP contribution in [0.4, 0.5) is 5.69 Å². The fourth-order valence-electron chi connectivity index (χ4n) is 3.78. The predicted molar refractivity (Wildman–Crippen MR) is 148 cm³/mol. The van der Waals surface area contributed by atoms with E-state index in [1.165, 1.54) is 4.90 Å². The molecule has 0 fully saturated rings. The number of aryl methyl sites for hydroxylation is 2. The lowest BCUT2D eigenvalue weighted by Gasteiger charge is -2.23. The second kappa shape index (κ2) is 11.7. The normalized spacial score (nSPS) is 11.2. The Morgan fingerprint density at radius 2 is 1.43 bits per heavy atom. The van der Waals surface area contributed by atoms with E-state index in [0.717, 1.165) is 11.1 Å². The number of carbonyl (C=O) groups is 2. The molecule has 184 valence electrons. The van der Waals surface area contributed by atoms with Gasteiger partial charge in [0.15, 0.2) is 5.78 Å². The van der Waals surface area contributed by atoms with E-state index >= 15 is 0 Å². The molecule has 0 radical (unpaired) electrons. The van der Waals surface area contributed by atoms with Crippen LogP contribution < -0.4 is 4.90 Å². The zero-order chi connectivity index (χ0) is 26.4. The van der Waals surface area contributed by atoms with Gasteiger partial charge >= 0.3 is 0 Å². The molecule has 0 aliphatic heterocycles. The summed E-state index contributed by atoms with van der Waals surface area (Å²) in [4.78, 5) is 28.4. The number of halogens is 1. The molecule has 0 aliphatic rings. The van der Waals surface area contributed by atoms with Crippen LogP contribution in [0.5, 0.6) is 0 Å². The summed E-state index contributed by atoms with van der Waals surface area (Å²) in [6.45, 7) is 3.78. The number of ketones is 1. The zero-order valence-corrected chi connectivity index (χ0v) is 21.4. The van der Waals surface area contributed by atoms with Crippen LogP contribution in [-0.2, 0) is 0 Å². The van der Waals surface area contributed by atoms with Gasteiger partial charge in [-0.1, -0.05) is 83.1 Å². The molecule has 0 aliphatic carbocycles. The molecule has 1 unspecified atom stereocenters. The molecule has 0 saturated heterocycles. The molecule has 1 atom stereocenters. The molecule has 0 heterocycles. The maximum Gasteiger partial charge on any atom is 0.259 e. The van der Waals surface area contributed by atoms with Crippen molar-refractivity contribution in [2.75, 3.05) is 11.4 Å². The van der Waals surface area contributed by atoms with Crippen molar-refractivity contribution in [3.05, 3.63) is 135 Å². The van der Waals surface area contributed by atoms with E-state index in [-0.39, 0.29) is 18.2 Å². The minimum Gasteiger partial charge on any atom is -0.376 e. The first-order chi connectivity index (χ1) is 17.8. The monoisotopic (exact) mass is 507 g/mol. The highest BCUT2D eigenvalue weighted by molar-refractivity contribution is 6.30. The number of amides is 1. The third-order valence-corrected chi connectivity index (χ3v) is 6.20. The maximum absolute atomic E-state index is 13.8. The number of nitrogens with zero attached hydrogens (tertiary/aromatic N) is 1. The Kier molecular flexibility index (Phi) is 8.20. The van der Waals surface area contributed by atoms with Crippen LogP contribution in [0, 0.1) is 25.7 Å². The van der Waals surface area contributed by atoms with Crippen molar-refractivity contribution in [3.8, 4) is 11.8 Å². The summed E-state index contributed by atoms with van der Waals surface area (Å²) < 4.78 is 0. The van der Waals surface area contributed by atoms with Gasteiger partial charge in [0.2, 0.25) is 0 Å². The third-order valence-electron chi connectivity index (χ3n) is 5.95. The lowest BCUT2D eigenvalue weighted by atomic mass is 10.0. The van der Waals surface area contributed by atoms with E-state index < -0.39 is 6.10 Å². The van der Waals surface area contributed by atoms with Crippen LogP contribution in [0.25, 0.3) is 0 Å². The van der Waals surface area contributed by atoms with Gasteiger partial charge in [-0.05, 0) is 67.9 Å². The molecule has 4 rings (SSSR count).